The van der Waals surface area contributed by atoms with Crippen molar-refractivity contribution in [3.63, 3.8) is 0 Å². The van der Waals surface area contributed by atoms with Crippen LogP contribution in [0.1, 0.15) is 30.5 Å². The van der Waals surface area contributed by atoms with Gasteiger partial charge in [-0.3, -0.25) is 0 Å². The molecule has 0 saturated carbocycles. The Morgan fingerprint density at radius 2 is 1.78 bits per heavy atom. The Balaban J connectivity index is 1.67. The van der Waals surface area contributed by atoms with Gasteiger partial charge in [-0.1, -0.05) is 50.3 Å². The molecule has 1 aliphatic rings. The lowest BCUT2D eigenvalue weighted by Crippen LogP contribution is -2.35. The molecule has 0 radical (unpaired) electrons. The third-order valence-electron chi connectivity index (χ3n) is 4.10. The van der Waals surface area contributed by atoms with Crippen molar-refractivity contribution in [1.82, 2.24) is 4.90 Å². The summed E-state index contributed by atoms with van der Waals surface area (Å²) in [4.78, 5) is 3.22. The van der Waals surface area contributed by atoms with Gasteiger partial charge in [-0.15, -0.1) is 0 Å². The van der Waals surface area contributed by atoms with Crippen molar-refractivity contribution >= 4 is 17.2 Å². The monoisotopic (exact) mass is 325 g/mol. The Morgan fingerprint density at radius 3 is 2.48 bits per heavy atom. The molecule has 3 heteroatoms. The number of hydrogen-bond donors (Lipinski definition) is 0. The van der Waals surface area contributed by atoms with Crippen LogP contribution in [0, 0.1) is 5.92 Å². The van der Waals surface area contributed by atoms with Gasteiger partial charge in [0.2, 0.25) is 0 Å². The van der Waals surface area contributed by atoms with Crippen LogP contribution in [-0.2, 0) is 13.0 Å². The SMILES string of the molecule is CC(C)COc1ccc(C(=S)N2CCc3ccccc3C2)cc1. The highest BCUT2D eigenvalue weighted by molar-refractivity contribution is 7.80. The molecule has 120 valence electrons. The fourth-order valence-electron chi connectivity index (χ4n) is 2.81. The standard InChI is InChI=1S/C20H23NOS/c1-15(2)14-22-19-9-7-17(8-10-19)20(23)21-12-11-16-5-3-4-6-18(16)13-21/h3-10,15H,11-14H2,1-2H3. The first-order valence-corrected chi connectivity index (χ1v) is 8.63. The molecule has 0 saturated heterocycles. The van der Waals surface area contributed by atoms with Crippen LogP contribution >= 0.6 is 12.2 Å². The molecule has 2 aromatic rings. The maximum Gasteiger partial charge on any atom is 0.119 e. The Hall–Kier alpha value is -1.87. The van der Waals surface area contributed by atoms with Gasteiger partial charge in [0.05, 0.1) is 6.61 Å². The van der Waals surface area contributed by atoms with Crippen molar-refractivity contribution in [1.29, 1.82) is 0 Å². The Bertz CT molecular complexity index is 678. The van der Waals surface area contributed by atoms with Crippen molar-refractivity contribution < 1.29 is 4.74 Å². The third kappa shape index (κ3) is 3.91. The molecule has 0 aromatic heterocycles. The van der Waals surface area contributed by atoms with E-state index in [-0.39, 0.29) is 0 Å². The summed E-state index contributed by atoms with van der Waals surface area (Å²) >= 11 is 5.70. The Morgan fingerprint density at radius 1 is 1.09 bits per heavy atom. The van der Waals surface area contributed by atoms with Crippen molar-refractivity contribution in [2.45, 2.75) is 26.8 Å². The molecule has 0 bridgehead atoms. The fraction of sp³-hybridized carbons (Fsp3) is 0.350. The van der Waals surface area contributed by atoms with Gasteiger partial charge in [0, 0.05) is 18.7 Å². The van der Waals surface area contributed by atoms with Crippen LogP contribution in [0.4, 0.5) is 0 Å². The lowest BCUT2D eigenvalue weighted by atomic mass is 9.99. The second-order valence-electron chi connectivity index (χ2n) is 6.47. The van der Waals surface area contributed by atoms with Crippen LogP contribution in [0.15, 0.2) is 48.5 Å². The van der Waals surface area contributed by atoms with E-state index in [4.69, 9.17) is 17.0 Å². The molecule has 0 N–H and O–H groups in total. The highest BCUT2D eigenvalue weighted by Crippen LogP contribution is 2.22. The molecule has 1 heterocycles. The summed E-state index contributed by atoms with van der Waals surface area (Å²) < 4.78 is 5.74. The summed E-state index contributed by atoms with van der Waals surface area (Å²) in [5.41, 5.74) is 3.93. The predicted molar refractivity (Wildman–Crippen MR) is 99.0 cm³/mol. The number of benzene rings is 2. The number of rotatable bonds is 4. The molecule has 0 atom stereocenters. The fourth-order valence-corrected chi connectivity index (χ4v) is 3.10. The average molecular weight is 325 g/mol. The van der Waals surface area contributed by atoms with Gasteiger partial charge in [-0.2, -0.15) is 0 Å². The van der Waals surface area contributed by atoms with E-state index in [1.165, 1.54) is 11.1 Å². The first-order chi connectivity index (χ1) is 11.1. The van der Waals surface area contributed by atoms with Crippen molar-refractivity contribution in [2.24, 2.45) is 5.92 Å². The average Bonchev–Trinajstić information content (AvgIpc) is 2.59. The molecular formula is C20H23NOS. The van der Waals surface area contributed by atoms with Gasteiger partial charge >= 0.3 is 0 Å². The number of nitrogens with zero attached hydrogens (tertiary/aromatic N) is 1. The molecule has 1 aliphatic heterocycles. The zero-order valence-electron chi connectivity index (χ0n) is 13.8. The second-order valence-corrected chi connectivity index (χ2v) is 6.86. The van der Waals surface area contributed by atoms with E-state index in [9.17, 15) is 0 Å². The van der Waals surface area contributed by atoms with Crippen LogP contribution in [0.5, 0.6) is 5.75 Å². The zero-order valence-corrected chi connectivity index (χ0v) is 14.6. The molecule has 23 heavy (non-hydrogen) atoms. The van der Waals surface area contributed by atoms with Crippen LogP contribution in [-0.4, -0.2) is 23.0 Å². The van der Waals surface area contributed by atoms with Crippen molar-refractivity contribution in [2.75, 3.05) is 13.2 Å². The quantitative estimate of drug-likeness (QED) is 0.770. The van der Waals surface area contributed by atoms with Crippen LogP contribution < -0.4 is 4.74 Å². The summed E-state index contributed by atoms with van der Waals surface area (Å²) in [6.07, 6.45) is 1.06. The summed E-state index contributed by atoms with van der Waals surface area (Å²) in [7, 11) is 0. The van der Waals surface area contributed by atoms with E-state index in [0.717, 1.165) is 42.4 Å². The van der Waals surface area contributed by atoms with Gasteiger partial charge in [0.1, 0.15) is 10.7 Å². The minimum Gasteiger partial charge on any atom is -0.493 e. The van der Waals surface area contributed by atoms with E-state index in [0.29, 0.717) is 5.92 Å². The van der Waals surface area contributed by atoms with Gasteiger partial charge in [0.15, 0.2) is 0 Å². The van der Waals surface area contributed by atoms with Crippen molar-refractivity contribution in [3.05, 3.63) is 65.2 Å². The number of ether oxygens (including phenoxy) is 1. The topological polar surface area (TPSA) is 12.5 Å². The molecule has 2 aromatic carbocycles. The summed E-state index contributed by atoms with van der Waals surface area (Å²) in [5, 5.41) is 0. The Kier molecular flexibility index (Phi) is 4.97. The predicted octanol–water partition coefficient (Wildman–Crippen LogP) is 4.46. The second kappa shape index (κ2) is 7.14. The van der Waals surface area contributed by atoms with E-state index in [1.807, 2.05) is 12.1 Å². The minimum atomic E-state index is 0.532. The first-order valence-electron chi connectivity index (χ1n) is 8.22. The summed E-state index contributed by atoms with van der Waals surface area (Å²) in [6.45, 7) is 6.93. The molecule has 3 rings (SSSR count). The first kappa shape index (κ1) is 16.0. The number of fused-ring (bicyclic) bond motifs is 1. The number of hydrogen-bond acceptors (Lipinski definition) is 2. The normalized spacial score (nSPS) is 13.8. The smallest absolute Gasteiger partial charge is 0.119 e. The lowest BCUT2D eigenvalue weighted by Gasteiger charge is -2.31. The van der Waals surface area contributed by atoms with Crippen molar-refractivity contribution in [3.8, 4) is 5.75 Å². The Labute approximate surface area is 144 Å². The molecule has 2 nitrogen and oxygen atoms in total. The molecule has 0 amide bonds. The van der Waals surface area contributed by atoms with Gasteiger partial charge in [-0.05, 0) is 47.7 Å². The lowest BCUT2D eigenvalue weighted by molar-refractivity contribution is 0.271. The largest absolute Gasteiger partial charge is 0.493 e. The van der Waals surface area contributed by atoms with Crippen LogP contribution in [0.2, 0.25) is 0 Å². The van der Waals surface area contributed by atoms with Crippen LogP contribution in [0.25, 0.3) is 0 Å². The number of thiocarbonyl (C=S) groups is 1. The summed E-state index contributed by atoms with van der Waals surface area (Å²) in [6, 6.07) is 16.8. The molecular weight excluding hydrogens is 302 g/mol. The van der Waals surface area contributed by atoms with Gasteiger partial charge in [-0.25, -0.2) is 0 Å². The molecule has 0 spiro atoms. The third-order valence-corrected chi connectivity index (χ3v) is 4.60. The summed E-state index contributed by atoms with van der Waals surface area (Å²) in [5.74, 6) is 1.44. The zero-order chi connectivity index (χ0) is 16.2. The minimum absolute atomic E-state index is 0.532. The highest BCUT2D eigenvalue weighted by atomic mass is 32.1. The van der Waals surface area contributed by atoms with E-state index < -0.39 is 0 Å². The van der Waals surface area contributed by atoms with E-state index >= 15 is 0 Å². The van der Waals surface area contributed by atoms with E-state index in [2.05, 4.69) is 55.1 Å². The molecule has 0 aliphatic carbocycles. The van der Waals surface area contributed by atoms with Gasteiger partial charge < -0.3 is 9.64 Å². The highest BCUT2D eigenvalue weighted by Gasteiger charge is 2.18. The molecule has 0 unspecified atom stereocenters. The molecule has 0 fully saturated rings. The van der Waals surface area contributed by atoms with E-state index in [1.54, 1.807) is 0 Å². The maximum atomic E-state index is 5.74. The maximum absolute atomic E-state index is 5.74. The van der Waals surface area contributed by atoms with Crippen LogP contribution in [0.3, 0.4) is 0 Å². The van der Waals surface area contributed by atoms with Gasteiger partial charge in [0.25, 0.3) is 0 Å².